The van der Waals surface area contributed by atoms with E-state index in [1.165, 1.54) is 0 Å². The molecular formula is C16H10F3N5S. The smallest absolute Gasteiger partial charge is 0.382 e. The van der Waals surface area contributed by atoms with Crippen LogP contribution in [0.3, 0.4) is 0 Å². The van der Waals surface area contributed by atoms with Crippen molar-refractivity contribution in [3.63, 3.8) is 0 Å². The summed E-state index contributed by atoms with van der Waals surface area (Å²) in [7, 11) is 0. The Kier molecular flexibility index (Phi) is 3.29. The lowest BCUT2D eigenvalue weighted by atomic mass is 10.1. The van der Waals surface area contributed by atoms with Crippen molar-refractivity contribution in [3.05, 3.63) is 42.0 Å². The molecule has 0 aliphatic carbocycles. The SMILES string of the molecule is Nc1nc(N)c2sc3nc(-c4ccccc4)cc(C(F)(F)F)c3c2n1. The molecule has 0 aliphatic heterocycles. The van der Waals surface area contributed by atoms with E-state index in [0.717, 1.165) is 17.4 Å². The molecule has 3 heterocycles. The maximum atomic E-state index is 13.7. The fourth-order valence-corrected chi connectivity index (χ4v) is 3.70. The first-order valence-corrected chi connectivity index (χ1v) is 7.95. The van der Waals surface area contributed by atoms with E-state index in [4.69, 9.17) is 11.5 Å². The van der Waals surface area contributed by atoms with Crippen LogP contribution in [0.25, 0.3) is 31.7 Å². The second kappa shape index (κ2) is 5.28. The molecule has 25 heavy (non-hydrogen) atoms. The molecule has 5 nitrogen and oxygen atoms in total. The Morgan fingerprint density at radius 2 is 1.68 bits per heavy atom. The Bertz CT molecular complexity index is 1110. The molecule has 0 aliphatic rings. The van der Waals surface area contributed by atoms with E-state index in [2.05, 4.69) is 15.0 Å². The molecule has 0 unspecified atom stereocenters. The van der Waals surface area contributed by atoms with Crippen molar-refractivity contribution in [1.82, 2.24) is 15.0 Å². The Hall–Kier alpha value is -2.94. The highest BCUT2D eigenvalue weighted by Crippen LogP contribution is 2.43. The number of thiophene rings is 1. The van der Waals surface area contributed by atoms with Crippen LogP contribution in [0.5, 0.6) is 0 Å². The van der Waals surface area contributed by atoms with Gasteiger partial charge in [0.15, 0.2) is 0 Å². The highest BCUT2D eigenvalue weighted by molar-refractivity contribution is 7.26. The molecule has 0 bridgehead atoms. The highest BCUT2D eigenvalue weighted by atomic mass is 32.1. The van der Waals surface area contributed by atoms with E-state index in [1.807, 2.05) is 0 Å². The molecule has 0 atom stereocenters. The number of pyridine rings is 1. The van der Waals surface area contributed by atoms with Gasteiger partial charge in [0.05, 0.1) is 26.9 Å². The van der Waals surface area contributed by atoms with E-state index < -0.39 is 11.7 Å². The lowest BCUT2D eigenvalue weighted by Crippen LogP contribution is -2.07. The zero-order chi connectivity index (χ0) is 17.8. The Balaban J connectivity index is 2.15. The summed E-state index contributed by atoms with van der Waals surface area (Å²) >= 11 is 1.02. The first-order chi connectivity index (χ1) is 11.8. The number of rotatable bonds is 1. The van der Waals surface area contributed by atoms with Crippen LogP contribution in [0.2, 0.25) is 0 Å². The van der Waals surface area contributed by atoms with Gasteiger partial charge in [0.1, 0.15) is 10.6 Å². The number of benzene rings is 1. The number of fused-ring (bicyclic) bond motifs is 3. The van der Waals surface area contributed by atoms with Crippen molar-refractivity contribution >= 4 is 43.5 Å². The van der Waals surface area contributed by atoms with Crippen LogP contribution in [0.4, 0.5) is 24.9 Å². The number of aromatic nitrogens is 3. The Morgan fingerprint density at radius 3 is 2.36 bits per heavy atom. The molecule has 0 spiro atoms. The van der Waals surface area contributed by atoms with Crippen LogP contribution in [0.15, 0.2) is 36.4 Å². The van der Waals surface area contributed by atoms with E-state index in [9.17, 15) is 13.2 Å². The van der Waals surface area contributed by atoms with Crippen molar-refractivity contribution in [2.75, 3.05) is 11.5 Å². The van der Waals surface area contributed by atoms with Gasteiger partial charge in [0.25, 0.3) is 0 Å². The number of hydrogen-bond donors (Lipinski definition) is 2. The average Bonchev–Trinajstić information content (AvgIpc) is 2.93. The Morgan fingerprint density at radius 1 is 0.960 bits per heavy atom. The largest absolute Gasteiger partial charge is 0.417 e. The standard InChI is InChI=1S/C16H10F3N5S/c17-16(18,19)8-6-9(7-4-2-1-3-5-7)22-14-10(8)11-12(25-14)13(20)24-15(21)23-11/h1-6H,(H4,20,21,23,24). The van der Waals surface area contributed by atoms with Crippen LogP contribution < -0.4 is 11.5 Å². The van der Waals surface area contributed by atoms with Gasteiger partial charge < -0.3 is 11.5 Å². The van der Waals surface area contributed by atoms with Gasteiger partial charge in [-0.3, -0.25) is 0 Å². The van der Waals surface area contributed by atoms with Crippen LogP contribution in [0.1, 0.15) is 5.56 Å². The van der Waals surface area contributed by atoms with Gasteiger partial charge in [-0.25, -0.2) is 9.97 Å². The summed E-state index contributed by atoms with van der Waals surface area (Å²) in [5.74, 6) is -0.134. The zero-order valence-corrected chi connectivity index (χ0v) is 13.3. The normalized spacial score (nSPS) is 12.1. The molecule has 0 saturated carbocycles. The summed E-state index contributed by atoms with van der Waals surface area (Å²) in [6.45, 7) is 0. The summed E-state index contributed by atoms with van der Waals surface area (Å²) in [4.78, 5) is 12.3. The molecular weight excluding hydrogens is 351 g/mol. The molecule has 9 heteroatoms. The van der Waals surface area contributed by atoms with Gasteiger partial charge in [-0.05, 0) is 6.07 Å². The van der Waals surface area contributed by atoms with Crippen LogP contribution in [0, 0.1) is 0 Å². The molecule has 1 aromatic carbocycles. The van der Waals surface area contributed by atoms with Gasteiger partial charge in [0, 0.05) is 5.56 Å². The second-order valence-electron chi connectivity index (χ2n) is 5.35. The lowest BCUT2D eigenvalue weighted by Gasteiger charge is -2.11. The predicted molar refractivity (Wildman–Crippen MR) is 92.0 cm³/mol. The summed E-state index contributed by atoms with van der Waals surface area (Å²) in [5.41, 5.74) is 11.4. The van der Waals surface area contributed by atoms with E-state index in [0.29, 0.717) is 10.3 Å². The minimum atomic E-state index is -4.58. The molecule has 3 aromatic heterocycles. The molecule has 4 N–H and O–H groups in total. The molecule has 0 amide bonds. The fourth-order valence-electron chi connectivity index (χ4n) is 2.66. The molecule has 0 saturated heterocycles. The molecule has 0 fully saturated rings. The quantitative estimate of drug-likeness (QED) is 0.533. The molecule has 4 rings (SSSR count). The zero-order valence-electron chi connectivity index (χ0n) is 12.5. The maximum absolute atomic E-state index is 13.7. The average molecular weight is 361 g/mol. The number of alkyl halides is 3. The highest BCUT2D eigenvalue weighted by Gasteiger charge is 2.35. The third-order valence-corrected chi connectivity index (χ3v) is 4.80. The fraction of sp³-hybridized carbons (Fsp3) is 0.0625. The number of nitrogens with zero attached hydrogens (tertiary/aromatic N) is 3. The Labute approximate surface area is 143 Å². The first-order valence-electron chi connectivity index (χ1n) is 7.13. The minimum absolute atomic E-state index is 0.0416. The minimum Gasteiger partial charge on any atom is -0.382 e. The summed E-state index contributed by atoms with van der Waals surface area (Å²) < 4.78 is 41.4. The topological polar surface area (TPSA) is 90.7 Å². The van der Waals surface area contributed by atoms with E-state index >= 15 is 0 Å². The van der Waals surface area contributed by atoms with Crippen molar-refractivity contribution in [1.29, 1.82) is 0 Å². The third kappa shape index (κ3) is 2.52. The van der Waals surface area contributed by atoms with Crippen molar-refractivity contribution in [2.45, 2.75) is 6.18 Å². The first kappa shape index (κ1) is 15.6. The lowest BCUT2D eigenvalue weighted by molar-refractivity contribution is -0.136. The summed E-state index contributed by atoms with van der Waals surface area (Å²) in [5, 5.41) is -0.104. The van der Waals surface area contributed by atoms with Crippen molar-refractivity contribution in [3.8, 4) is 11.3 Å². The van der Waals surface area contributed by atoms with Gasteiger partial charge in [0.2, 0.25) is 5.95 Å². The van der Waals surface area contributed by atoms with Gasteiger partial charge >= 0.3 is 6.18 Å². The van der Waals surface area contributed by atoms with E-state index in [1.54, 1.807) is 30.3 Å². The van der Waals surface area contributed by atoms with Gasteiger partial charge in [-0.1, -0.05) is 30.3 Å². The number of hydrogen-bond acceptors (Lipinski definition) is 6. The van der Waals surface area contributed by atoms with Crippen molar-refractivity contribution in [2.24, 2.45) is 0 Å². The summed E-state index contributed by atoms with van der Waals surface area (Å²) in [6, 6.07) is 9.69. The number of halogens is 3. The number of anilines is 2. The second-order valence-corrected chi connectivity index (χ2v) is 6.34. The maximum Gasteiger partial charge on any atom is 0.417 e. The molecule has 0 radical (unpaired) electrons. The van der Waals surface area contributed by atoms with E-state index in [-0.39, 0.29) is 33.2 Å². The van der Waals surface area contributed by atoms with Crippen LogP contribution >= 0.6 is 11.3 Å². The monoisotopic (exact) mass is 361 g/mol. The molecule has 4 aromatic rings. The number of nitrogens with two attached hydrogens (primary N) is 2. The van der Waals surface area contributed by atoms with Crippen molar-refractivity contribution < 1.29 is 13.2 Å². The summed E-state index contributed by atoms with van der Waals surface area (Å²) in [6.07, 6.45) is -4.58. The predicted octanol–water partition coefficient (Wildman–Crippen LogP) is 4.09. The third-order valence-electron chi connectivity index (χ3n) is 3.71. The number of nitrogen functional groups attached to an aromatic ring is 2. The van der Waals surface area contributed by atoms with Gasteiger partial charge in [-0.15, -0.1) is 11.3 Å². The van der Waals surface area contributed by atoms with Crippen LogP contribution in [-0.2, 0) is 6.18 Å². The van der Waals surface area contributed by atoms with Gasteiger partial charge in [-0.2, -0.15) is 18.2 Å². The van der Waals surface area contributed by atoms with Crippen LogP contribution in [-0.4, -0.2) is 15.0 Å². The molecule has 126 valence electrons.